The highest BCUT2D eigenvalue weighted by Crippen LogP contribution is 2.31. The van der Waals surface area contributed by atoms with Gasteiger partial charge in [0.25, 0.3) is 0 Å². The molecule has 2 N–H and O–H groups in total. The van der Waals surface area contributed by atoms with Crippen molar-refractivity contribution in [3.8, 4) is 5.75 Å². The normalized spacial score (nSPS) is 30.1. The predicted molar refractivity (Wildman–Crippen MR) is 76.6 cm³/mol. The summed E-state index contributed by atoms with van der Waals surface area (Å²) in [5.74, 6) is -1.46. The van der Waals surface area contributed by atoms with Gasteiger partial charge in [-0.05, 0) is 19.3 Å². The Balaban J connectivity index is 1.65. The Morgan fingerprint density at radius 3 is 2.45 bits per heavy atom. The van der Waals surface area contributed by atoms with E-state index in [1.807, 2.05) is 0 Å². The fourth-order valence-corrected chi connectivity index (χ4v) is 3.12. The number of aliphatic hydroxyl groups is 2. The van der Waals surface area contributed by atoms with Crippen LogP contribution in [0.5, 0.6) is 5.75 Å². The zero-order valence-corrected chi connectivity index (χ0v) is 12.3. The standard InChI is InChI=1S/C16H21F2NO3/c17-11-6-12(18)8-14(7-11)22-10-16(21)9-19(5-4-15(16)20)13-2-1-3-13/h6-8,13,15,20-21H,1-5,9-10H2/t15-,16-/m0/s1. The van der Waals surface area contributed by atoms with Crippen LogP contribution in [-0.2, 0) is 0 Å². The molecule has 1 aliphatic heterocycles. The van der Waals surface area contributed by atoms with Gasteiger partial charge in [0.15, 0.2) is 0 Å². The molecule has 1 saturated carbocycles. The number of benzene rings is 1. The Kier molecular flexibility index (Phi) is 4.34. The van der Waals surface area contributed by atoms with Gasteiger partial charge in [-0.15, -0.1) is 0 Å². The van der Waals surface area contributed by atoms with Crippen LogP contribution in [0.15, 0.2) is 18.2 Å². The van der Waals surface area contributed by atoms with Crippen LogP contribution in [0.3, 0.4) is 0 Å². The van der Waals surface area contributed by atoms with E-state index >= 15 is 0 Å². The first-order chi connectivity index (χ1) is 10.5. The number of β-amino-alcohol motifs (C(OH)–C–C–N with tert-alkyl or cyclic N) is 1. The number of rotatable bonds is 4. The molecule has 0 amide bonds. The highest BCUT2D eigenvalue weighted by Gasteiger charge is 2.44. The summed E-state index contributed by atoms with van der Waals surface area (Å²) in [6, 6.07) is 3.34. The molecule has 1 aromatic carbocycles. The summed E-state index contributed by atoms with van der Waals surface area (Å²) in [5, 5.41) is 20.8. The Labute approximate surface area is 128 Å². The van der Waals surface area contributed by atoms with E-state index in [1.54, 1.807) is 0 Å². The van der Waals surface area contributed by atoms with Gasteiger partial charge in [0.2, 0.25) is 0 Å². The molecule has 0 unspecified atom stereocenters. The first kappa shape index (κ1) is 15.6. The maximum absolute atomic E-state index is 13.1. The topological polar surface area (TPSA) is 52.9 Å². The molecule has 0 spiro atoms. The summed E-state index contributed by atoms with van der Waals surface area (Å²) in [4.78, 5) is 2.17. The number of hydrogen-bond acceptors (Lipinski definition) is 4. The van der Waals surface area contributed by atoms with E-state index < -0.39 is 23.3 Å². The molecule has 0 aromatic heterocycles. The lowest BCUT2D eigenvalue weighted by molar-refractivity contribution is -0.149. The minimum Gasteiger partial charge on any atom is -0.490 e. The number of halogens is 2. The second-order valence-corrected chi connectivity index (χ2v) is 6.36. The van der Waals surface area contributed by atoms with E-state index in [9.17, 15) is 19.0 Å². The molecule has 1 saturated heterocycles. The smallest absolute Gasteiger partial charge is 0.137 e. The van der Waals surface area contributed by atoms with Crippen LogP contribution in [0.25, 0.3) is 0 Å². The molecule has 2 fully saturated rings. The maximum atomic E-state index is 13.1. The average Bonchev–Trinajstić information content (AvgIpc) is 2.38. The summed E-state index contributed by atoms with van der Waals surface area (Å²) >= 11 is 0. The Morgan fingerprint density at radius 2 is 1.86 bits per heavy atom. The van der Waals surface area contributed by atoms with Crippen LogP contribution in [0.2, 0.25) is 0 Å². The third-order valence-electron chi connectivity index (χ3n) is 4.70. The molecule has 22 heavy (non-hydrogen) atoms. The van der Waals surface area contributed by atoms with Gasteiger partial charge in [-0.2, -0.15) is 0 Å². The largest absolute Gasteiger partial charge is 0.490 e. The molecule has 1 heterocycles. The van der Waals surface area contributed by atoms with Crippen molar-refractivity contribution >= 4 is 0 Å². The van der Waals surface area contributed by atoms with Crippen LogP contribution >= 0.6 is 0 Å². The lowest BCUT2D eigenvalue weighted by atomic mass is 9.85. The summed E-state index contributed by atoms with van der Waals surface area (Å²) in [6.45, 7) is 0.875. The number of aliphatic hydroxyl groups excluding tert-OH is 1. The van der Waals surface area contributed by atoms with Gasteiger partial charge in [-0.1, -0.05) is 6.42 Å². The van der Waals surface area contributed by atoms with E-state index in [1.165, 1.54) is 6.42 Å². The van der Waals surface area contributed by atoms with Crippen molar-refractivity contribution < 1.29 is 23.7 Å². The number of hydrogen-bond donors (Lipinski definition) is 2. The molecular formula is C16H21F2NO3. The third-order valence-corrected chi connectivity index (χ3v) is 4.70. The van der Waals surface area contributed by atoms with Crippen LogP contribution < -0.4 is 4.74 Å². The number of ether oxygens (including phenoxy) is 1. The van der Waals surface area contributed by atoms with E-state index in [4.69, 9.17) is 4.74 Å². The van der Waals surface area contributed by atoms with E-state index in [0.717, 1.165) is 37.6 Å². The summed E-state index contributed by atoms with van der Waals surface area (Å²) in [7, 11) is 0. The van der Waals surface area contributed by atoms with E-state index in [0.29, 0.717) is 19.0 Å². The Bertz CT molecular complexity index is 518. The molecule has 2 aliphatic rings. The van der Waals surface area contributed by atoms with Crippen molar-refractivity contribution in [1.29, 1.82) is 0 Å². The van der Waals surface area contributed by atoms with Crippen molar-refractivity contribution in [2.45, 2.75) is 43.4 Å². The van der Waals surface area contributed by atoms with Crippen LogP contribution in [0.4, 0.5) is 8.78 Å². The SMILES string of the molecule is O[C@H]1CCN(C2CCC2)C[C@]1(O)COc1cc(F)cc(F)c1. The first-order valence-electron chi connectivity index (χ1n) is 7.70. The summed E-state index contributed by atoms with van der Waals surface area (Å²) in [6.07, 6.45) is 2.99. The molecule has 122 valence electrons. The van der Waals surface area contributed by atoms with Gasteiger partial charge in [-0.3, -0.25) is 4.90 Å². The van der Waals surface area contributed by atoms with Gasteiger partial charge in [0.1, 0.15) is 29.6 Å². The average molecular weight is 313 g/mol. The Morgan fingerprint density at radius 1 is 1.18 bits per heavy atom. The molecule has 4 nitrogen and oxygen atoms in total. The van der Waals surface area contributed by atoms with Crippen molar-refractivity contribution in [2.75, 3.05) is 19.7 Å². The van der Waals surface area contributed by atoms with Crippen molar-refractivity contribution in [3.05, 3.63) is 29.8 Å². The molecule has 3 rings (SSSR count). The monoisotopic (exact) mass is 313 g/mol. The van der Waals surface area contributed by atoms with Crippen LogP contribution in [-0.4, -0.2) is 52.6 Å². The fraction of sp³-hybridized carbons (Fsp3) is 0.625. The van der Waals surface area contributed by atoms with Gasteiger partial charge in [0.05, 0.1) is 6.10 Å². The second-order valence-electron chi connectivity index (χ2n) is 6.36. The molecule has 0 radical (unpaired) electrons. The molecule has 0 bridgehead atoms. The van der Waals surface area contributed by atoms with Crippen molar-refractivity contribution in [2.24, 2.45) is 0 Å². The number of piperidine rings is 1. The molecule has 1 aliphatic carbocycles. The van der Waals surface area contributed by atoms with Gasteiger partial charge >= 0.3 is 0 Å². The minimum absolute atomic E-state index is 0.0129. The molecule has 2 atom stereocenters. The van der Waals surface area contributed by atoms with E-state index in [-0.39, 0.29) is 12.4 Å². The molecular weight excluding hydrogens is 292 g/mol. The lowest BCUT2D eigenvalue weighted by Gasteiger charge is -2.47. The zero-order valence-electron chi connectivity index (χ0n) is 12.3. The number of nitrogens with zero attached hydrogens (tertiary/aromatic N) is 1. The quantitative estimate of drug-likeness (QED) is 0.888. The Hall–Kier alpha value is -1.24. The van der Waals surface area contributed by atoms with Crippen LogP contribution in [0.1, 0.15) is 25.7 Å². The van der Waals surface area contributed by atoms with Crippen LogP contribution in [0, 0.1) is 11.6 Å². The highest BCUT2D eigenvalue weighted by molar-refractivity contribution is 5.24. The zero-order chi connectivity index (χ0) is 15.7. The maximum Gasteiger partial charge on any atom is 0.137 e. The van der Waals surface area contributed by atoms with E-state index in [2.05, 4.69) is 4.90 Å². The van der Waals surface area contributed by atoms with Crippen molar-refractivity contribution in [1.82, 2.24) is 4.90 Å². The minimum atomic E-state index is -1.42. The fourth-order valence-electron chi connectivity index (χ4n) is 3.12. The summed E-state index contributed by atoms with van der Waals surface area (Å²) < 4.78 is 31.6. The highest BCUT2D eigenvalue weighted by atomic mass is 19.1. The first-order valence-corrected chi connectivity index (χ1v) is 7.70. The van der Waals surface area contributed by atoms with Gasteiger partial charge in [-0.25, -0.2) is 8.78 Å². The number of likely N-dealkylation sites (tertiary alicyclic amines) is 1. The predicted octanol–water partition coefficient (Wildman–Crippen LogP) is 1.69. The lowest BCUT2D eigenvalue weighted by Crippen LogP contribution is -2.62. The van der Waals surface area contributed by atoms with Crippen molar-refractivity contribution in [3.63, 3.8) is 0 Å². The summed E-state index contributed by atoms with van der Waals surface area (Å²) in [5.41, 5.74) is -1.42. The molecule has 1 aromatic rings. The van der Waals surface area contributed by atoms with Gasteiger partial charge < -0.3 is 14.9 Å². The second kappa shape index (κ2) is 6.10. The molecule has 6 heteroatoms. The van der Waals surface area contributed by atoms with Gasteiger partial charge in [0, 0.05) is 37.3 Å². The third kappa shape index (κ3) is 3.24.